The van der Waals surface area contributed by atoms with Gasteiger partial charge in [-0.15, -0.1) is 0 Å². The van der Waals surface area contributed by atoms with Gasteiger partial charge in [0, 0.05) is 45.0 Å². The lowest BCUT2D eigenvalue weighted by molar-refractivity contribution is 0.580. The summed E-state index contributed by atoms with van der Waals surface area (Å²) < 4.78 is 28.9. The van der Waals surface area contributed by atoms with Gasteiger partial charge in [-0.25, -0.2) is 13.8 Å². The summed E-state index contributed by atoms with van der Waals surface area (Å²) in [5.41, 5.74) is 1.45. The smallest absolute Gasteiger partial charge is 0.191 e. The number of hydrogen-bond donors (Lipinski definition) is 2. The van der Waals surface area contributed by atoms with Crippen LogP contribution in [0.2, 0.25) is 0 Å². The zero-order valence-electron chi connectivity index (χ0n) is 15.0. The molecule has 2 aromatic rings. The van der Waals surface area contributed by atoms with Crippen LogP contribution < -0.4 is 15.5 Å². The third-order valence-electron chi connectivity index (χ3n) is 4.45. The second-order valence-electron chi connectivity index (χ2n) is 6.31. The van der Waals surface area contributed by atoms with E-state index in [1.54, 1.807) is 10.9 Å². The first-order valence-electron chi connectivity index (χ1n) is 8.78. The van der Waals surface area contributed by atoms with Gasteiger partial charge in [0.25, 0.3) is 0 Å². The van der Waals surface area contributed by atoms with Gasteiger partial charge in [-0.1, -0.05) is 0 Å². The molecule has 0 spiro atoms. The van der Waals surface area contributed by atoms with Crippen molar-refractivity contribution in [2.24, 2.45) is 12.0 Å². The third-order valence-corrected chi connectivity index (χ3v) is 4.45. The topological polar surface area (TPSA) is 57.5 Å². The fraction of sp³-hybridized carbons (Fsp3) is 0.444. The zero-order chi connectivity index (χ0) is 18.5. The SMILES string of the molecule is CCNC(=NCc1ccnn1C)NC1CCN(c2ccc(F)cc2F)C1. The molecule has 0 saturated carbocycles. The van der Waals surface area contributed by atoms with Gasteiger partial charge >= 0.3 is 0 Å². The van der Waals surface area contributed by atoms with Crippen LogP contribution in [0.1, 0.15) is 19.0 Å². The summed E-state index contributed by atoms with van der Waals surface area (Å²) in [6, 6.07) is 5.79. The largest absolute Gasteiger partial charge is 0.367 e. The average molecular weight is 362 g/mol. The minimum Gasteiger partial charge on any atom is -0.367 e. The first kappa shape index (κ1) is 18.2. The summed E-state index contributed by atoms with van der Waals surface area (Å²) in [6.45, 7) is 4.63. The molecule has 3 rings (SSSR count). The van der Waals surface area contributed by atoms with E-state index in [4.69, 9.17) is 0 Å². The number of guanidine groups is 1. The van der Waals surface area contributed by atoms with Crippen molar-refractivity contribution in [1.82, 2.24) is 20.4 Å². The van der Waals surface area contributed by atoms with Gasteiger partial charge in [-0.05, 0) is 31.5 Å². The van der Waals surface area contributed by atoms with Gasteiger partial charge in [0.05, 0.1) is 17.9 Å². The van der Waals surface area contributed by atoms with Gasteiger partial charge < -0.3 is 15.5 Å². The normalized spacial score (nSPS) is 17.6. The van der Waals surface area contributed by atoms with Crippen LogP contribution in [0.15, 0.2) is 35.5 Å². The fourth-order valence-electron chi connectivity index (χ4n) is 3.06. The highest BCUT2D eigenvalue weighted by Crippen LogP contribution is 2.24. The third kappa shape index (κ3) is 4.30. The van der Waals surface area contributed by atoms with Crippen molar-refractivity contribution in [3.05, 3.63) is 47.8 Å². The van der Waals surface area contributed by atoms with Gasteiger partial charge in [0.2, 0.25) is 0 Å². The molecule has 1 fully saturated rings. The van der Waals surface area contributed by atoms with Crippen molar-refractivity contribution in [3.8, 4) is 0 Å². The Hall–Kier alpha value is -2.64. The molecular formula is C18H24F2N6. The van der Waals surface area contributed by atoms with Crippen LogP contribution in [0.25, 0.3) is 0 Å². The summed E-state index contributed by atoms with van der Waals surface area (Å²) in [5.74, 6) is -0.362. The molecule has 1 atom stereocenters. The summed E-state index contributed by atoms with van der Waals surface area (Å²) in [5, 5.41) is 10.8. The van der Waals surface area contributed by atoms with E-state index >= 15 is 0 Å². The standard InChI is InChI=1S/C18H24F2N6/c1-3-21-18(22-11-15-6-8-23-25(15)2)24-14-7-9-26(12-14)17-5-4-13(19)10-16(17)20/h4-6,8,10,14H,3,7,9,11-12H2,1-2H3,(H2,21,22,24). The molecule has 0 aliphatic carbocycles. The Morgan fingerprint density at radius 3 is 2.88 bits per heavy atom. The molecule has 1 aromatic heterocycles. The lowest BCUT2D eigenvalue weighted by Crippen LogP contribution is -2.44. The molecule has 0 bridgehead atoms. The maximum absolute atomic E-state index is 14.0. The number of halogens is 2. The highest BCUT2D eigenvalue weighted by Gasteiger charge is 2.25. The molecule has 26 heavy (non-hydrogen) atoms. The number of anilines is 1. The van der Waals surface area contributed by atoms with Crippen molar-refractivity contribution in [3.63, 3.8) is 0 Å². The number of nitrogens with one attached hydrogen (secondary N) is 2. The van der Waals surface area contributed by atoms with E-state index < -0.39 is 11.6 Å². The number of hydrogen-bond acceptors (Lipinski definition) is 3. The lowest BCUT2D eigenvalue weighted by atomic mass is 10.2. The molecule has 1 saturated heterocycles. The molecule has 2 heterocycles. The van der Waals surface area contributed by atoms with E-state index in [9.17, 15) is 8.78 Å². The van der Waals surface area contributed by atoms with Crippen molar-refractivity contribution >= 4 is 11.6 Å². The molecule has 1 unspecified atom stereocenters. The van der Waals surface area contributed by atoms with Gasteiger partial charge in [-0.2, -0.15) is 5.10 Å². The number of benzene rings is 1. The predicted molar refractivity (Wildman–Crippen MR) is 98.1 cm³/mol. The summed E-state index contributed by atoms with van der Waals surface area (Å²) >= 11 is 0. The van der Waals surface area contributed by atoms with Gasteiger partial charge in [0.15, 0.2) is 5.96 Å². The zero-order valence-corrected chi connectivity index (χ0v) is 15.0. The Morgan fingerprint density at radius 2 is 2.19 bits per heavy atom. The number of nitrogens with zero attached hydrogens (tertiary/aromatic N) is 4. The summed E-state index contributed by atoms with van der Waals surface area (Å²) in [7, 11) is 1.89. The number of aromatic nitrogens is 2. The Labute approximate surface area is 151 Å². The quantitative estimate of drug-likeness (QED) is 0.631. The van der Waals surface area contributed by atoms with Crippen LogP contribution in [0.3, 0.4) is 0 Å². The molecule has 1 aliphatic heterocycles. The van der Waals surface area contributed by atoms with Crippen LogP contribution in [0.4, 0.5) is 14.5 Å². The first-order chi connectivity index (χ1) is 12.6. The van der Waals surface area contributed by atoms with Crippen molar-refractivity contribution < 1.29 is 8.78 Å². The maximum Gasteiger partial charge on any atom is 0.191 e. The molecule has 1 aliphatic rings. The molecule has 0 amide bonds. The molecular weight excluding hydrogens is 338 g/mol. The van der Waals surface area contributed by atoms with Crippen molar-refractivity contribution in [2.45, 2.75) is 25.9 Å². The van der Waals surface area contributed by atoms with E-state index in [1.807, 2.05) is 24.9 Å². The minimum atomic E-state index is -0.558. The number of aryl methyl sites for hydroxylation is 1. The number of rotatable bonds is 5. The molecule has 6 nitrogen and oxygen atoms in total. The highest BCUT2D eigenvalue weighted by atomic mass is 19.1. The fourth-order valence-corrected chi connectivity index (χ4v) is 3.06. The molecule has 8 heteroatoms. The van der Waals surface area contributed by atoms with Crippen LogP contribution >= 0.6 is 0 Å². The van der Waals surface area contributed by atoms with E-state index in [-0.39, 0.29) is 6.04 Å². The molecule has 0 radical (unpaired) electrons. The maximum atomic E-state index is 14.0. The predicted octanol–water partition coefficient (Wildman–Crippen LogP) is 2.03. The number of aliphatic imine (C=N–C) groups is 1. The van der Waals surface area contributed by atoms with Crippen LogP contribution in [-0.4, -0.2) is 41.4 Å². The van der Waals surface area contributed by atoms with Gasteiger partial charge in [0.1, 0.15) is 11.6 Å². The van der Waals surface area contributed by atoms with E-state index in [2.05, 4.69) is 20.7 Å². The van der Waals surface area contributed by atoms with Gasteiger partial charge in [-0.3, -0.25) is 4.68 Å². The highest BCUT2D eigenvalue weighted by molar-refractivity contribution is 5.80. The van der Waals surface area contributed by atoms with E-state index in [0.29, 0.717) is 25.3 Å². The van der Waals surface area contributed by atoms with Crippen LogP contribution in [0, 0.1) is 11.6 Å². The second-order valence-corrected chi connectivity index (χ2v) is 6.31. The van der Waals surface area contributed by atoms with Crippen LogP contribution in [-0.2, 0) is 13.6 Å². The van der Waals surface area contributed by atoms with Crippen LogP contribution in [0.5, 0.6) is 0 Å². The minimum absolute atomic E-state index is 0.142. The Kier molecular flexibility index (Phi) is 5.70. The Balaban J connectivity index is 1.62. The lowest BCUT2D eigenvalue weighted by Gasteiger charge is -2.21. The summed E-state index contributed by atoms with van der Waals surface area (Å²) in [6.07, 6.45) is 2.60. The second kappa shape index (κ2) is 8.16. The first-order valence-corrected chi connectivity index (χ1v) is 8.78. The Morgan fingerprint density at radius 1 is 1.35 bits per heavy atom. The Bertz CT molecular complexity index is 773. The monoisotopic (exact) mass is 362 g/mol. The van der Waals surface area contributed by atoms with E-state index in [1.165, 1.54) is 12.1 Å². The van der Waals surface area contributed by atoms with Crippen molar-refractivity contribution in [1.29, 1.82) is 0 Å². The molecule has 140 valence electrons. The average Bonchev–Trinajstić information content (AvgIpc) is 3.22. The van der Waals surface area contributed by atoms with Crippen molar-refractivity contribution in [2.75, 3.05) is 24.5 Å². The summed E-state index contributed by atoms with van der Waals surface area (Å²) in [4.78, 5) is 6.53. The van der Waals surface area contributed by atoms with E-state index in [0.717, 1.165) is 30.7 Å². The molecule has 2 N–H and O–H groups in total. The molecule has 1 aromatic carbocycles.